The molecule has 1 N–H and O–H groups in total. The van der Waals surface area contributed by atoms with Crippen molar-refractivity contribution in [2.24, 2.45) is 7.05 Å². The number of benzene rings is 1. The van der Waals surface area contributed by atoms with Crippen LogP contribution < -0.4 is 10.2 Å². The van der Waals surface area contributed by atoms with Crippen LogP contribution in [0.2, 0.25) is 0 Å². The lowest BCUT2D eigenvalue weighted by Gasteiger charge is -2.29. The van der Waals surface area contributed by atoms with E-state index in [9.17, 15) is 0 Å². The van der Waals surface area contributed by atoms with Gasteiger partial charge in [0.05, 0.1) is 11.8 Å². The van der Waals surface area contributed by atoms with Crippen molar-refractivity contribution in [3.63, 3.8) is 0 Å². The monoisotopic (exact) mass is 451 g/mol. The van der Waals surface area contributed by atoms with Crippen LogP contribution in [0.4, 0.5) is 10.2 Å². The molecule has 3 aromatic rings. The first-order valence-electron chi connectivity index (χ1n) is 12.1. The molecule has 0 unspecified atom stereocenters. The van der Waals surface area contributed by atoms with Gasteiger partial charge in [0.15, 0.2) is 0 Å². The van der Waals surface area contributed by atoms with Crippen LogP contribution in [-0.4, -0.2) is 52.6 Å². The van der Waals surface area contributed by atoms with Crippen LogP contribution in [0.25, 0.3) is 22.2 Å². The quantitative estimate of drug-likeness (QED) is 0.603. The minimum absolute atomic E-state index is 0.0392. The summed E-state index contributed by atoms with van der Waals surface area (Å²) in [7, 11) is 1.92. The molecular formula is C26H34FN5O. The molecule has 4 heterocycles. The van der Waals surface area contributed by atoms with Crippen LogP contribution in [0.1, 0.15) is 44.2 Å². The fourth-order valence-corrected chi connectivity index (χ4v) is 5.26. The van der Waals surface area contributed by atoms with E-state index < -0.39 is 0 Å². The summed E-state index contributed by atoms with van der Waals surface area (Å²) >= 11 is 0. The van der Waals surface area contributed by atoms with Gasteiger partial charge in [-0.1, -0.05) is 6.92 Å². The van der Waals surface area contributed by atoms with E-state index in [0.717, 1.165) is 85.5 Å². The number of pyridine rings is 1. The van der Waals surface area contributed by atoms with Gasteiger partial charge in [-0.15, -0.1) is 0 Å². The van der Waals surface area contributed by atoms with Crippen LogP contribution in [0, 0.1) is 12.7 Å². The van der Waals surface area contributed by atoms with E-state index in [1.165, 1.54) is 0 Å². The van der Waals surface area contributed by atoms with Crippen LogP contribution in [-0.2, 0) is 18.2 Å². The lowest BCUT2D eigenvalue weighted by molar-refractivity contribution is 0.103. The fraction of sp³-hybridized carbons (Fsp3) is 0.538. The number of aryl methyl sites for hydroxylation is 3. The van der Waals surface area contributed by atoms with Crippen LogP contribution in [0.5, 0.6) is 0 Å². The summed E-state index contributed by atoms with van der Waals surface area (Å²) in [6, 6.07) is 5.72. The highest BCUT2D eigenvalue weighted by Gasteiger charge is 2.36. The summed E-state index contributed by atoms with van der Waals surface area (Å²) in [6.45, 7) is 9.80. The topological polar surface area (TPSA) is 55.2 Å². The zero-order valence-electron chi connectivity index (χ0n) is 20.1. The molecular weight excluding hydrogens is 417 g/mol. The van der Waals surface area contributed by atoms with Gasteiger partial charge >= 0.3 is 0 Å². The molecule has 7 heteroatoms. The number of fused-ring (bicyclic) bond motifs is 1. The molecule has 0 radical (unpaired) electrons. The third kappa shape index (κ3) is 4.24. The van der Waals surface area contributed by atoms with Gasteiger partial charge in [-0.25, -0.2) is 9.37 Å². The molecule has 2 aromatic heterocycles. The number of hydrogen-bond acceptors (Lipinski definition) is 5. The molecule has 176 valence electrons. The van der Waals surface area contributed by atoms with Crippen LogP contribution in [0.15, 0.2) is 24.4 Å². The Kier molecular flexibility index (Phi) is 5.87. The Bertz CT molecular complexity index is 1170. The van der Waals surface area contributed by atoms with Crippen LogP contribution in [0.3, 0.4) is 0 Å². The first-order chi connectivity index (χ1) is 15.9. The first kappa shape index (κ1) is 22.3. The molecule has 0 spiro atoms. The van der Waals surface area contributed by atoms with E-state index in [2.05, 4.69) is 30.1 Å². The molecule has 5 rings (SSSR count). The van der Waals surface area contributed by atoms with Gasteiger partial charge in [0.2, 0.25) is 0 Å². The highest BCUT2D eigenvalue weighted by atomic mass is 19.1. The van der Waals surface area contributed by atoms with Crippen molar-refractivity contribution < 1.29 is 9.13 Å². The van der Waals surface area contributed by atoms with E-state index >= 15 is 4.39 Å². The van der Waals surface area contributed by atoms with Crippen molar-refractivity contribution >= 4 is 16.7 Å². The van der Waals surface area contributed by atoms with Crippen molar-refractivity contribution in [3.8, 4) is 11.3 Å². The number of halogens is 1. The average Bonchev–Trinajstić information content (AvgIpc) is 3.54. The summed E-state index contributed by atoms with van der Waals surface area (Å²) in [4.78, 5) is 7.23. The average molecular weight is 452 g/mol. The maximum absolute atomic E-state index is 15.1. The predicted molar refractivity (Wildman–Crippen MR) is 130 cm³/mol. The summed E-state index contributed by atoms with van der Waals surface area (Å²) in [5.41, 5.74) is 4.30. The Morgan fingerprint density at radius 3 is 2.88 bits per heavy atom. The summed E-state index contributed by atoms with van der Waals surface area (Å²) in [5, 5.41) is 9.32. The minimum atomic E-state index is -0.250. The van der Waals surface area contributed by atoms with Gasteiger partial charge in [-0.05, 0) is 68.9 Å². The third-order valence-corrected chi connectivity index (χ3v) is 7.27. The van der Waals surface area contributed by atoms with Crippen molar-refractivity contribution in [1.29, 1.82) is 0 Å². The van der Waals surface area contributed by atoms with E-state index in [1.54, 1.807) is 6.07 Å². The molecule has 2 atom stereocenters. The van der Waals surface area contributed by atoms with E-state index in [1.807, 2.05) is 30.9 Å². The number of anilines is 1. The Morgan fingerprint density at radius 1 is 1.33 bits per heavy atom. The zero-order chi connectivity index (χ0) is 23.2. The van der Waals surface area contributed by atoms with E-state index in [4.69, 9.17) is 14.8 Å². The molecule has 0 aliphatic carbocycles. The molecule has 0 saturated carbocycles. The van der Waals surface area contributed by atoms with Gasteiger partial charge < -0.3 is 15.0 Å². The molecule has 2 saturated heterocycles. The van der Waals surface area contributed by atoms with Crippen molar-refractivity contribution in [2.45, 2.75) is 58.1 Å². The number of nitrogens with one attached hydrogen (secondary N) is 1. The van der Waals surface area contributed by atoms with E-state index in [0.29, 0.717) is 11.6 Å². The zero-order valence-corrected chi connectivity index (χ0v) is 20.1. The van der Waals surface area contributed by atoms with Gasteiger partial charge in [0.25, 0.3) is 0 Å². The Morgan fingerprint density at radius 2 is 2.18 bits per heavy atom. The largest absolute Gasteiger partial charge is 0.377 e. The Hall–Kier alpha value is -2.51. The van der Waals surface area contributed by atoms with E-state index in [-0.39, 0.29) is 11.4 Å². The Labute approximate surface area is 195 Å². The molecule has 6 nitrogen and oxygen atoms in total. The lowest BCUT2D eigenvalue weighted by atomic mass is 9.98. The normalized spacial score (nSPS) is 23.2. The predicted octanol–water partition coefficient (Wildman–Crippen LogP) is 4.38. The Balaban J connectivity index is 1.54. The maximum Gasteiger partial charge on any atom is 0.149 e. The minimum Gasteiger partial charge on any atom is -0.377 e. The summed E-state index contributed by atoms with van der Waals surface area (Å²) in [6.07, 6.45) is 6.31. The standard InChI is InChI=1S/C26H34FN5O/c1-5-18-13-20-17(2)23(22-8-10-31(4)30-22)25(29-24(20)21(27)14-18)32-11-9-26(3,16-32)28-15-19-7-6-12-33-19/h8,10,13-14,19,28H,5-7,9,11-12,15-16H2,1-4H3/t19-,26+/m1/s1. The van der Waals surface area contributed by atoms with Gasteiger partial charge in [0, 0.05) is 56.0 Å². The van der Waals surface area contributed by atoms with Gasteiger partial charge in [-0.2, -0.15) is 5.10 Å². The first-order valence-corrected chi connectivity index (χ1v) is 12.1. The second kappa shape index (κ2) is 8.69. The third-order valence-electron chi connectivity index (χ3n) is 7.27. The summed E-state index contributed by atoms with van der Waals surface area (Å²) < 4.78 is 22.7. The fourth-order valence-electron chi connectivity index (χ4n) is 5.26. The number of ether oxygens (including phenoxy) is 1. The molecule has 0 amide bonds. The number of hydrogen-bond donors (Lipinski definition) is 1. The van der Waals surface area contributed by atoms with Gasteiger partial charge in [-0.3, -0.25) is 4.68 Å². The van der Waals surface area contributed by atoms with Gasteiger partial charge in [0.1, 0.15) is 17.2 Å². The molecule has 1 aromatic carbocycles. The summed E-state index contributed by atoms with van der Waals surface area (Å²) in [5.74, 6) is 0.573. The number of aromatic nitrogens is 3. The lowest BCUT2D eigenvalue weighted by Crippen LogP contribution is -2.47. The second-order valence-corrected chi connectivity index (χ2v) is 9.89. The highest BCUT2D eigenvalue weighted by Crippen LogP contribution is 2.39. The molecule has 0 bridgehead atoms. The SMILES string of the molecule is CCc1cc(F)c2nc(N3CC[C@](C)(NC[C@H]4CCCO4)C3)c(-c3ccn(C)n3)c(C)c2c1. The van der Waals surface area contributed by atoms with Crippen LogP contribution >= 0.6 is 0 Å². The molecule has 2 aliphatic heterocycles. The number of rotatable bonds is 6. The second-order valence-electron chi connectivity index (χ2n) is 9.89. The number of nitrogens with zero attached hydrogens (tertiary/aromatic N) is 4. The molecule has 33 heavy (non-hydrogen) atoms. The van der Waals surface area contributed by atoms with Crippen molar-refractivity contribution in [2.75, 3.05) is 31.1 Å². The van der Waals surface area contributed by atoms with Crippen molar-refractivity contribution in [1.82, 2.24) is 20.1 Å². The van der Waals surface area contributed by atoms with Crippen molar-refractivity contribution in [3.05, 3.63) is 41.3 Å². The smallest absolute Gasteiger partial charge is 0.149 e. The molecule has 2 fully saturated rings. The molecule has 2 aliphatic rings. The highest BCUT2D eigenvalue weighted by molar-refractivity contribution is 5.94. The maximum atomic E-state index is 15.1.